The van der Waals surface area contributed by atoms with Crippen LogP contribution in [-0.2, 0) is 49.4 Å². The summed E-state index contributed by atoms with van der Waals surface area (Å²) in [5, 5.41) is 0. The van der Waals surface area contributed by atoms with E-state index in [0.717, 1.165) is 11.8 Å². The van der Waals surface area contributed by atoms with Crippen LogP contribution in [0.5, 0.6) is 0 Å². The predicted molar refractivity (Wildman–Crippen MR) is 100 cm³/mol. The Morgan fingerprint density at radius 2 is 1.90 bits per heavy atom. The number of benzene rings is 1. The van der Waals surface area contributed by atoms with Gasteiger partial charge in [0.25, 0.3) is 10.1 Å². The number of rotatable bonds is 8. The number of hydrogen-bond donors (Lipinski definition) is 0. The summed E-state index contributed by atoms with van der Waals surface area (Å²) in [6.45, 7) is 4.65. The van der Waals surface area contributed by atoms with E-state index in [2.05, 4.69) is 0 Å². The molecule has 0 amide bonds. The van der Waals surface area contributed by atoms with Crippen LogP contribution in [0.2, 0.25) is 0 Å². The number of hydrogen-bond acceptors (Lipinski definition) is 9. The van der Waals surface area contributed by atoms with Crippen molar-refractivity contribution in [2.45, 2.75) is 63.9 Å². The molecule has 0 aliphatic carbocycles. The summed E-state index contributed by atoms with van der Waals surface area (Å²) in [5.74, 6) is -1.45. The number of ether oxygens (including phenoxy) is 5. The lowest BCUT2D eigenvalue weighted by atomic mass is 10.1. The van der Waals surface area contributed by atoms with E-state index in [-0.39, 0.29) is 13.2 Å². The van der Waals surface area contributed by atoms with Gasteiger partial charge in [-0.2, -0.15) is 8.42 Å². The van der Waals surface area contributed by atoms with Gasteiger partial charge in [0.1, 0.15) is 31.0 Å². The van der Waals surface area contributed by atoms with E-state index in [1.54, 1.807) is 13.8 Å². The highest BCUT2D eigenvalue weighted by atomic mass is 32.2. The third-order valence-electron chi connectivity index (χ3n) is 4.43. The van der Waals surface area contributed by atoms with Gasteiger partial charge in [0, 0.05) is 6.92 Å². The lowest BCUT2D eigenvalue weighted by Crippen LogP contribution is -2.46. The summed E-state index contributed by atoms with van der Waals surface area (Å²) in [7, 11) is -3.85. The van der Waals surface area contributed by atoms with Crippen molar-refractivity contribution in [3.63, 3.8) is 0 Å². The molecule has 2 fully saturated rings. The molecule has 0 spiro atoms. The number of carbonyl (C=O) groups is 1. The molecule has 2 heterocycles. The van der Waals surface area contributed by atoms with E-state index in [1.165, 1.54) is 6.92 Å². The summed E-state index contributed by atoms with van der Waals surface area (Å²) >= 11 is 0. The molecule has 10 heteroatoms. The van der Waals surface area contributed by atoms with Crippen LogP contribution in [0.1, 0.15) is 26.3 Å². The molecular formula is C19H26O9S. The standard InChI is InChI=1S/C19H26O9S/c1-12(20)23-11-14(28-29(4,21)22)15-16(24-10-13-8-6-5-7-9-13)17-18(25-15)27-19(2,3)26-17/h5-9,14-18H,10-11H2,1-4H3/t14-,15-,16+,17-,18-/m1/s1. The summed E-state index contributed by atoms with van der Waals surface area (Å²) in [6, 6.07) is 9.48. The molecule has 9 nitrogen and oxygen atoms in total. The molecular weight excluding hydrogens is 404 g/mol. The minimum Gasteiger partial charge on any atom is -0.463 e. The van der Waals surface area contributed by atoms with E-state index >= 15 is 0 Å². The Morgan fingerprint density at radius 1 is 1.21 bits per heavy atom. The van der Waals surface area contributed by atoms with Crippen molar-refractivity contribution in [3.05, 3.63) is 35.9 Å². The van der Waals surface area contributed by atoms with Gasteiger partial charge in [-0.25, -0.2) is 0 Å². The van der Waals surface area contributed by atoms with Gasteiger partial charge in [-0.05, 0) is 19.4 Å². The van der Waals surface area contributed by atoms with Gasteiger partial charge in [-0.3, -0.25) is 8.98 Å². The Kier molecular flexibility index (Phi) is 6.61. The van der Waals surface area contributed by atoms with E-state index in [0.29, 0.717) is 0 Å². The molecule has 0 radical (unpaired) electrons. The highest BCUT2D eigenvalue weighted by Crippen LogP contribution is 2.40. The number of carbonyl (C=O) groups excluding carboxylic acids is 1. The van der Waals surface area contributed by atoms with E-state index in [4.69, 9.17) is 27.9 Å². The maximum atomic E-state index is 11.8. The predicted octanol–water partition coefficient (Wildman–Crippen LogP) is 1.36. The lowest BCUT2D eigenvalue weighted by molar-refractivity contribution is -0.230. The summed E-state index contributed by atoms with van der Waals surface area (Å²) in [5.41, 5.74) is 0.924. The van der Waals surface area contributed by atoms with Gasteiger partial charge >= 0.3 is 5.97 Å². The van der Waals surface area contributed by atoms with Gasteiger partial charge < -0.3 is 23.7 Å². The monoisotopic (exact) mass is 430 g/mol. The highest BCUT2D eigenvalue weighted by Gasteiger charge is 2.58. The van der Waals surface area contributed by atoms with Crippen LogP contribution >= 0.6 is 0 Å². The van der Waals surface area contributed by atoms with Crippen molar-refractivity contribution >= 4 is 16.1 Å². The van der Waals surface area contributed by atoms with E-state index in [1.807, 2.05) is 30.3 Å². The van der Waals surface area contributed by atoms with E-state index < -0.39 is 52.6 Å². The van der Waals surface area contributed by atoms with Crippen LogP contribution < -0.4 is 0 Å². The lowest BCUT2D eigenvalue weighted by Gasteiger charge is -2.30. The Bertz CT molecular complexity index is 808. The molecule has 1 aromatic carbocycles. The van der Waals surface area contributed by atoms with Crippen molar-refractivity contribution in [3.8, 4) is 0 Å². The van der Waals surface area contributed by atoms with Crippen molar-refractivity contribution in [1.82, 2.24) is 0 Å². The maximum absolute atomic E-state index is 11.8. The van der Waals surface area contributed by atoms with Gasteiger partial charge in [-0.15, -0.1) is 0 Å². The summed E-state index contributed by atoms with van der Waals surface area (Å²) < 4.78 is 57.3. The molecule has 0 aromatic heterocycles. The van der Waals surface area contributed by atoms with Gasteiger partial charge in [0.15, 0.2) is 12.1 Å². The van der Waals surface area contributed by atoms with Crippen LogP contribution in [0.25, 0.3) is 0 Å². The summed E-state index contributed by atoms with van der Waals surface area (Å²) in [6.07, 6.45) is -3.15. The molecule has 2 aliphatic heterocycles. The first kappa shape index (κ1) is 22.1. The average Bonchev–Trinajstić information content (AvgIpc) is 3.08. The minimum absolute atomic E-state index is 0.248. The average molecular weight is 430 g/mol. The fourth-order valence-electron chi connectivity index (χ4n) is 3.36. The molecule has 5 atom stereocenters. The topological polar surface area (TPSA) is 107 Å². The van der Waals surface area contributed by atoms with Crippen molar-refractivity contribution in [1.29, 1.82) is 0 Å². The quantitative estimate of drug-likeness (QED) is 0.446. The summed E-state index contributed by atoms with van der Waals surface area (Å²) in [4.78, 5) is 11.3. The third kappa shape index (κ3) is 5.97. The second-order valence-corrected chi connectivity index (χ2v) is 9.07. The first-order valence-electron chi connectivity index (χ1n) is 9.22. The van der Waals surface area contributed by atoms with Crippen molar-refractivity contribution in [2.75, 3.05) is 12.9 Å². The first-order valence-corrected chi connectivity index (χ1v) is 11.0. The zero-order chi connectivity index (χ0) is 21.2. The molecule has 29 heavy (non-hydrogen) atoms. The maximum Gasteiger partial charge on any atom is 0.302 e. The van der Waals surface area contributed by atoms with Crippen LogP contribution in [0.15, 0.2) is 30.3 Å². The molecule has 0 bridgehead atoms. The molecule has 0 saturated carbocycles. The molecule has 1 aromatic rings. The zero-order valence-corrected chi connectivity index (χ0v) is 17.6. The van der Waals surface area contributed by atoms with Gasteiger partial charge in [0.05, 0.1) is 12.9 Å². The molecule has 2 saturated heterocycles. The van der Waals surface area contributed by atoms with Crippen LogP contribution in [0, 0.1) is 0 Å². The van der Waals surface area contributed by atoms with Crippen LogP contribution in [0.4, 0.5) is 0 Å². The molecule has 0 unspecified atom stereocenters. The Labute approximate surface area is 170 Å². The number of esters is 1. The fourth-order valence-corrected chi connectivity index (χ4v) is 3.98. The van der Waals surface area contributed by atoms with Crippen molar-refractivity contribution in [2.24, 2.45) is 0 Å². The number of fused-ring (bicyclic) bond motifs is 1. The second-order valence-electron chi connectivity index (χ2n) is 7.47. The second kappa shape index (κ2) is 8.66. The van der Waals surface area contributed by atoms with Crippen molar-refractivity contribution < 1.29 is 41.1 Å². The van der Waals surface area contributed by atoms with Crippen LogP contribution in [-0.4, -0.2) is 63.7 Å². The molecule has 162 valence electrons. The molecule has 3 rings (SSSR count). The minimum atomic E-state index is -3.85. The van der Waals surface area contributed by atoms with Crippen LogP contribution in [0.3, 0.4) is 0 Å². The Hall–Kier alpha value is -1.56. The fraction of sp³-hybridized carbons (Fsp3) is 0.632. The smallest absolute Gasteiger partial charge is 0.302 e. The molecule has 2 aliphatic rings. The highest BCUT2D eigenvalue weighted by molar-refractivity contribution is 7.86. The normalized spacial score (nSPS) is 29.4. The first-order chi connectivity index (χ1) is 13.5. The van der Waals surface area contributed by atoms with E-state index in [9.17, 15) is 13.2 Å². The molecule has 0 N–H and O–H groups in total. The Morgan fingerprint density at radius 3 is 2.52 bits per heavy atom. The third-order valence-corrected chi connectivity index (χ3v) is 5.02. The SMILES string of the molecule is CC(=O)OC[C@@H](OS(C)(=O)=O)[C@H]1O[C@@H]2OC(C)(C)O[C@@H]2[C@H]1OCc1ccccc1. The van der Waals surface area contributed by atoms with Gasteiger partial charge in [0.2, 0.25) is 0 Å². The zero-order valence-electron chi connectivity index (χ0n) is 16.8. The van der Waals surface area contributed by atoms with Gasteiger partial charge in [-0.1, -0.05) is 30.3 Å². The Balaban J connectivity index is 1.81. The largest absolute Gasteiger partial charge is 0.463 e.